The van der Waals surface area contributed by atoms with E-state index in [4.69, 9.17) is 5.73 Å². The summed E-state index contributed by atoms with van der Waals surface area (Å²) in [6.45, 7) is 6.64. The Morgan fingerprint density at radius 2 is 1.47 bits per heavy atom. The minimum absolute atomic E-state index is 0.214. The predicted molar refractivity (Wildman–Crippen MR) is 63.1 cm³/mol. The minimum atomic E-state index is 0.214. The van der Waals surface area contributed by atoms with Crippen LogP contribution < -0.4 is 5.73 Å². The lowest BCUT2D eigenvalue weighted by atomic mass is 9.37. The Labute approximate surface area is 91.7 Å². The van der Waals surface area contributed by atoms with E-state index in [2.05, 4.69) is 32.9 Å². The maximum Gasteiger partial charge on any atom is 0.0179 e. The Morgan fingerprint density at radius 3 is 2.00 bits per heavy atom. The first kappa shape index (κ1) is 9.41. The minimum Gasteiger partial charge on any atom is -0.325 e. The van der Waals surface area contributed by atoms with Crippen LogP contribution in [-0.4, -0.2) is 5.54 Å². The zero-order valence-corrected chi connectivity index (χ0v) is 9.85. The van der Waals surface area contributed by atoms with Crippen molar-refractivity contribution < 1.29 is 0 Å². The Hall–Kier alpha value is -0.820. The van der Waals surface area contributed by atoms with Crippen molar-refractivity contribution in [2.45, 2.75) is 51.0 Å². The molecule has 0 unspecified atom stereocenters. The second kappa shape index (κ2) is 2.46. The van der Waals surface area contributed by atoms with Gasteiger partial charge in [0, 0.05) is 11.0 Å². The quantitative estimate of drug-likeness (QED) is 0.743. The van der Waals surface area contributed by atoms with Crippen molar-refractivity contribution in [3.8, 4) is 0 Å². The molecule has 0 aliphatic heterocycles. The molecule has 1 heteroatoms. The lowest BCUT2D eigenvalue weighted by Gasteiger charge is -2.69. The fraction of sp³-hybridized carbons (Fsp3) is 0.571. The molecule has 0 heterocycles. The third-order valence-electron chi connectivity index (χ3n) is 4.48. The lowest BCUT2D eigenvalue weighted by molar-refractivity contribution is -0.0594. The molecule has 2 bridgehead atoms. The van der Waals surface area contributed by atoms with Crippen LogP contribution in [-0.2, 0) is 5.41 Å². The van der Waals surface area contributed by atoms with Gasteiger partial charge in [-0.15, -0.1) is 0 Å². The molecule has 4 rings (SSSR count). The van der Waals surface area contributed by atoms with Crippen LogP contribution in [0.25, 0.3) is 0 Å². The molecule has 0 saturated heterocycles. The van der Waals surface area contributed by atoms with Crippen molar-refractivity contribution in [3.05, 3.63) is 34.4 Å². The molecule has 3 saturated carbocycles. The predicted octanol–water partition coefficient (Wildman–Crippen LogP) is 2.74. The first-order chi connectivity index (χ1) is 6.94. The summed E-state index contributed by atoms with van der Waals surface area (Å²) in [5, 5.41) is 0. The van der Waals surface area contributed by atoms with Gasteiger partial charge < -0.3 is 5.73 Å². The molecule has 0 amide bonds. The van der Waals surface area contributed by atoms with Crippen LogP contribution in [0.1, 0.15) is 41.5 Å². The average Bonchev–Trinajstić information content (AvgIpc) is 2.05. The van der Waals surface area contributed by atoms with Gasteiger partial charge in [0.1, 0.15) is 0 Å². The van der Waals surface area contributed by atoms with Crippen molar-refractivity contribution >= 4 is 0 Å². The van der Waals surface area contributed by atoms with E-state index in [1.165, 1.54) is 36.0 Å². The van der Waals surface area contributed by atoms with Gasteiger partial charge in [0.2, 0.25) is 0 Å². The van der Waals surface area contributed by atoms with Crippen molar-refractivity contribution in [2.75, 3.05) is 0 Å². The molecule has 1 aromatic carbocycles. The summed E-state index contributed by atoms with van der Waals surface area (Å²) in [5.41, 5.74) is 12.7. The standard InChI is InChI=1S/C14H19N/c1-9-4-11(3)12(5-10(9)2)13-6-14(15,7-13)8-13/h4-5H,6-8,15H2,1-3H3. The number of rotatable bonds is 1. The van der Waals surface area contributed by atoms with Crippen LogP contribution in [0.4, 0.5) is 0 Å². The second-order valence-corrected chi connectivity index (χ2v) is 5.92. The summed E-state index contributed by atoms with van der Waals surface area (Å²) in [7, 11) is 0. The van der Waals surface area contributed by atoms with Crippen LogP contribution in [0.15, 0.2) is 12.1 Å². The summed E-state index contributed by atoms with van der Waals surface area (Å²) in [4.78, 5) is 0. The Morgan fingerprint density at radius 1 is 0.933 bits per heavy atom. The van der Waals surface area contributed by atoms with Crippen molar-refractivity contribution in [3.63, 3.8) is 0 Å². The molecule has 0 spiro atoms. The van der Waals surface area contributed by atoms with Crippen LogP contribution in [0.3, 0.4) is 0 Å². The molecule has 80 valence electrons. The highest BCUT2D eigenvalue weighted by atomic mass is 14.9. The van der Waals surface area contributed by atoms with Gasteiger partial charge in [-0.05, 0) is 62.3 Å². The van der Waals surface area contributed by atoms with Crippen LogP contribution in [0.2, 0.25) is 0 Å². The molecule has 2 N–H and O–H groups in total. The second-order valence-electron chi connectivity index (χ2n) is 5.92. The monoisotopic (exact) mass is 201 g/mol. The van der Waals surface area contributed by atoms with E-state index in [-0.39, 0.29) is 5.54 Å². The Balaban J connectivity index is 2.03. The summed E-state index contributed by atoms with van der Waals surface area (Å²) in [6.07, 6.45) is 3.63. The highest BCUT2D eigenvalue weighted by molar-refractivity contribution is 5.48. The SMILES string of the molecule is Cc1cc(C)c(C23CC(N)(C2)C3)cc1C. The summed E-state index contributed by atoms with van der Waals surface area (Å²) < 4.78 is 0. The van der Waals surface area contributed by atoms with E-state index in [9.17, 15) is 0 Å². The van der Waals surface area contributed by atoms with Crippen molar-refractivity contribution in [1.29, 1.82) is 0 Å². The maximum absolute atomic E-state index is 6.13. The highest BCUT2D eigenvalue weighted by Crippen LogP contribution is 2.66. The number of hydrogen-bond acceptors (Lipinski definition) is 1. The van der Waals surface area contributed by atoms with E-state index in [1.54, 1.807) is 5.56 Å². The molecule has 1 nitrogen and oxygen atoms in total. The number of aryl methyl sites for hydroxylation is 3. The highest BCUT2D eigenvalue weighted by Gasteiger charge is 2.66. The van der Waals surface area contributed by atoms with Gasteiger partial charge in [0.05, 0.1) is 0 Å². The van der Waals surface area contributed by atoms with Crippen molar-refractivity contribution in [1.82, 2.24) is 0 Å². The van der Waals surface area contributed by atoms with Crippen LogP contribution in [0.5, 0.6) is 0 Å². The first-order valence-electron chi connectivity index (χ1n) is 5.81. The fourth-order valence-corrected chi connectivity index (χ4v) is 3.68. The van der Waals surface area contributed by atoms with Crippen LogP contribution >= 0.6 is 0 Å². The summed E-state index contributed by atoms with van der Waals surface area (Å²) >= 11 is 0. The molecular weight excluding hydrogens is 182 g/mol. The molecule has 3 aliphatic carbocycles. The summed E-state index contributed by atoms with van der Waals surface area (Å²) in [5.74, 6) is 0. The molecule has 0 aromatic heterocycles. The molecule has 3 aliphatic rings. The van der Waals surface area contributed by atoms with Gasteiger partial charge in [-0.25, -0.2) is 0 Å². The van der Waals surface area contributed by atoms with Crippen LogP contribution in [0, 0.1) is 20.8 Å². The van der Waals surface area contributed by atoms with Gasteiger partial charge in [-0.1, -0.05) is 12.1 Å². The molecular formula is C14H19N. The molecule has 3 fully saturated rings. The average molecular weight is 201 g/mol. The number of nitrogens with two attached hydrogens (primary N) is 1. The lowest BCUT2D eigenvalue weighted by Crippen LogP contribution is -2.74. The maximum atomic E-state index is 6.13. The third-order valence-corrected chi connectivity index (χ3v) is 4.48. The summed E-state index contributed by atoms with van der Waals surface area (Å²) in [6, 6.07) is 4.72. The van der Waals surface area contributed by atoms with E-state index < -0.39 is 0 Å². The van der Waals surface area contributed by atoms with Crippen molar-refractivity contribution in [2.24, 2.45) is 5.73 Å². The largest absolute Gasteiger partial charge is 0.325 e. The van der Waals surface area contributed by atoms with E-state index in [1.807, 2.05) is 0 Å². The zero-order chi connectivity index (χ0) is 10.8. The Kier molecular flexibility index (Phi) is 1.54. The smallest absolute Gasteiger partial charge is 0.0179 e. The number of hydrogen-bond donors (Lipinski definition) is 1. The van der Waals surface area contributed by atoms with Gasteiger partial charge in [0.15, 0.2) is 0 Å². The van der Waals surface area contributed by atoms with Gasteiger partial charge in [-0.3, -0.25) is 0 Å². The number of benzene rings is 1. The fourth-order valence-electron chi connectivity index (χ4n) is 3.68. The normalized spacial score (nSPS) is 37.1. The first-order valence-corrected chi connectivity index (χ1v) is 5.81. The van der Waals surface area contributed by atoms with Gasteiger partial charge in [-0.2, -0.15) is 0 Å². The Bertz CT molecular complexity index is 425. The molecule has 0 radical (unpaired) electrons. The van der Waals surface area contributed by atoms with E-state index in [0.717, 1.165) is 0 Å². The zero-order valence-electron chi connectivity index (χ0n) is 9.85. The van der Waals surface area contributed by atoms with Gasteiger partial charge >= 0.3 is 0 Å². The molecule has 1 aromatic rings. The topological polar surface area (TPSA) is 26.0 Å². The molecule has 15 heavy (non-hydrogen) atoms. The van der Waals surface area contributed by atoms with E-state index >= 15 is 0 Å². The third kappa shape index (κ3) is 1.07. The van der Waals surface area contributed by atoms with E-state index in [0.29, 0.717) is 5.41 Å². The molecule has 0 atom stereocenters. The van der Waals surface area contributed by atoms with Gasteiger partial charge in [0.25, 0.3) is 0 Å².